The first-order valence-electron chi connectivity index (χ1n) is 3.16. The summed E-state index contributed by atoms with van der Waals surface area (Å²) < 4.78 is 0. The molecule has 0 spiro atoms. The van der Waals surface area contributed by atoms with Gasteiger partial charge in [0.15, 0.2) is 0 Å². The van der Waals surface area contributed by atoms with Crippen LogP contribution in [0.5, 0.6) is 5.75 Å². The Morgan fingerprint density at radius 3 is 2.29 bits per heavy atom. The number of aldehydes is 1. The molecular weight excluding hydrogens is 231 g/mol. The monoisotopic (exact) mass is 238 g/mol. The Hall–Kier alpha value is -1.26. The van der Waals surface area contributed by atoms with Crippen molar-refractivity contribution < 1.29 is 19.8 Å². The summed E-state index contributed by atoms with van der Waals surface area (Å²) in [5.41, 5.74) is -0.0372. The lowest BCUT2D eigenvalue weighted by molar-refractivity contribution is 0.0693. The molecule has 78 valence electrons. The summed E-state index contributed by atoms with van der Waals surface area (Å²) in [6.45, 7) is 0. The van der Waals surface area contributed by atoms with Gasteiger partial charge in [-0.15, -0.1) is 24.8 Å². The van der Waals surface area contributed by atoms with Crippen LogP contribution in [0.2, 0.25) is 0 Å². The van der Waals surface area contributed by atoms with E-state index in [2.05, 4.69) is 0 Å². The second kappa shape index (κ2) is 6.23. The van der Waals surface area contributed by atoms with Crippen LogP contribution in [-0.4, -0.2) is 22.5 Å². The molecule has 0 aliphatic rings. The third-order valence-electron chi connectivity index (χ3n) is 1.39. The third kappa shape index (κ3) is 3.24. The lowest BCUT2D eigenvalue weighted by atomic mass is 10.1. The number of aromatic hydroxyl groups is 1. The molecule has 2 N–H and O–H groups in total. The zero-order chi connectivity index (χ0) is 9.14. The number of carbonyl (C=O) groups is 2. The molecule has 0 radical (unpaired) electrons. The van der Waals surface area contributed by atoms with Crippen LogP contribution < -0.4 is 0 Å². The first-order chi connectivity index (χ1) is 5.65. The van der Waals surface area contributed by atoms with E-state index in [1.165, 1.54) is 12.1 Å². The molecule has 1 aromatic rings. The Morgan fingerprint density at radius 1 is 1.29 bits per heavy atom. The van der Waals surface area contributed by atoms with Gasteiger partial charge in [-0.25, -0.2) is 4.79 Å². The Labute approximate surface area is 92.4 Å². The van der Waals surface area contributed by atoms with E-state index in [1.807, 2.05) is 0 Å². The maximum Gasteiger partial charge on any atom is 0.339 e. The summed E-state index contributed by atoms with van der Waals surface area (Å²) in [5, 5.41) is 17.5. The van der Waals surface area contributed by atoms with Crippen molar-refractivity contribution in [3.05, 3.63) is 29.3 Å². The van der Waals surface area contributed by atoms with Crippen LogP contribution in [0.25, 0.3) is 0 Å². The Kier molecular flexibility index (Phi) is 6.78. The van der Waals surface area contributed by atoms with Crippen molar-refractivity contribution in [2.75, 3.05) is 0 Å². The number of halogens is 2. The molecular formula is C8H8Cl2O4. The van der Waals surface area contributed by atoms with Crippen molar-refractivity contribution in [1.82, 2.24) is 0 Å². The highest BCUT2D eigenvalue weighted by atomic mass is 35.5. The van der Waals surface area contributed by atoms with E-state index in [0.29, 0.717) is 6.29 Å². The Balaban J connectivity index is 0. The van der Waals surface area contributed by atoms with Gasteiger partial charge in [-0.2, -0.15) is 0 Å². The van der Waals surface area contributed by atoms with Crippen LogP contribution in [0.4, 0.5) is 0 Å². The van der Waals surface area contributed by atoms with Crippen molar-refractivity contribution in [1.29, 1.82) is 0 Å². The Morgan fingerprint density at radius 2 is 1.86 bits per heavy atom. The highest BCUT2D eigenvalue weighted by Gasteiger charge is 2.09. The van der Waals surface area contributed by atoms with Gasteiger partial charge in [0.1, 0.15) is 17.6 Å². The van der Waals surface area contributed by atoms with E-state index in [1.54, 1.807) is 0 Å². The number of benzene rings is 1. The minimum Gasteiger partial charge on any atom is -0.507 e. The number of hydrogen-bond acceptors (Lipinski definition) is 3. The third-order valence-corrected chi connectivity index (χ3v) is 1.39. The summed E-state index contributed by atoms with van der Waals surface area (Å²) in [7, 11) is 0. The number of hydrogen-bond donors (Lipinski definition) is 2. The molecule has 0 aliphatic heterocycles. The molecule has 1 aromatic carbocycles. The topological polar surface area (TPSA) is 74.6 Å². The SMILES string of the molecule is Cl.Cl.O=Cc1ccc(O)c(C(=O)O)c1. The molecule has 0 saturated heterocycles. The van der Waals surface area contributed by atoms with Crippen molar-refractivity contribution >= 4 is 37.1 Å². The zero-order valence-electron chi connectivity index (χ0n) is 6.84. The minimum absolute atomic E-state index is 0. The molecule has 0 aliphatic carbocycles. The van der Waals surface area contributed by atoms with Crippen LogP contribution in [0.3, 0.4) is 0 Å². The van der Waals surface area contributed by atoms with E-state index in [-0.39, 0.29) is 41.7 Å². The molecule has 0 amide bonds. The normalized spacial score (nSPS) is 8.00. The van der Waals surface area contributed by atoms with Crippen LogP contribution in [0, 0.1) is 0 Å². The van der Waals surface area contributed by atoms with Crippen molar-refractivity contribution in [2.45, 2.75) is 0 Å². The van der Waals surface area contributed by atoms with Crippen molar-refractivity contribution in [3.63, 3.8) is 0 Å². The van der Waals surface area contributed by atoms with Gasteiger partial charge < -0.3 is 10.2 Å². The maximum atomic E-state index is 10.4. The van der Waals surface area contributed by atoms with E-state index >= 15 is 0 Å². The largest absolute Gasteiger partial charge is 0.507 e. The smallest absolute Gasteiger partial charge is 0.339 e. The van der Waals surface area contributed by atoms with E-state index < -0.39 is 5.97 Å². The lowest BCUT2D eigenvalue weighted by Gasteiger charge is -1.98. The molecule has 0 fully saturated rings. The molecule has 0 bridgehead atoms. The van der Waals surface area contributed by atoms with E-state index in [9.17, 15) is 9.59 Å². The summed E-state index contributed by atoms with van der Waals surface area (Å²) in [6.07, 6.45) is 0.520. The number of rotatable bonds is 2. The van der Waals surface area contributed by atoms with Gasteiger partial charge in [0.05, 0.1) is 0 Å². The van der Waals surface area contributed by atoms with Crippen molar-refractivity contribution in [2.24, 2.45) is 0 Å². The second-order valence-electron chi connectivity index (χ2n) is 2.20. The van der Waals surface area contributed by atoms with Gasteiger partial charge in [-0.3, -0.25) is 4.79 Å². The van der Waals surface area contributed by atoms with Crippen LogP contribution in [0.1, 0.15) is 20.7 Å². The average molecular weight is 239 g/mol. The zero-order valence-corrected chi connectivity index (χ0v) is 8.47. The first kappa shape index (κ1) is 15.2. The maximum absolute atomic E-state index is 10.4. The molecule has 1 rings (SSSR count). The van der Waals surface area contributed by atoms with Gasteiger partial charge in [-0.05, 0) is 18.2 Å². The highest BCUT2D eigenvalue weighted by molar-refractivity contribution is 5.93. The number of carboxylic acid groups (broad SMARTS) is 1. The molecule has 0 saturated carbocycles. The number of carboxylic acids is 1. The standard InChI is InChI=1S/C8H6O4.2ClH/c9-4-5-1-2-7(10)6(3-5)8(11)12;;/h1-4,10H,(H,11,12);2*1H. The van der Waals surface area contributed by atoms with Gasteiger partial charge in [-0.1, -0.05) is 0 Å². The molecule has 0 unspecified atom stereocenters. The number of phenols is 1. The summed E-state index contributed by atoms with van der Waals surface area (Å²) in [5.74, 6) is -1.59. The van der Waals surface area contributed by atoms with Gasteiger partial charge in [0.2, 0.25) is 0 Å². The molecule has 14 heavy (non-hydrogen) atoms. The van der Waals surface area contributed by atoms with Gasteiger partial charge in [0, 0.05) is 5.56 Å². The fourth-order valence-electron chi connectivity index (χ4n) is 0.798. The van der Waals surface area contributed by atoms with E-state index in [0.717, 1.165) is 6.07 Å². The lowest BCUT2D eigenvalue weighted by Crippen LogP contribution is -1.97. The molecule has 0 heterocycles. The predicted octanol–water partition coefficient (Wildman–Crippen LogP) is 1.75. The number of aromatic carboxylic acids is 1. The fourth-order valence-corrected chi connectivity index (χ4v) is 0.798. The summed E-state index contributed by atoms with van der Waals surface area (Å²) >= 11 is 0. The molecule has 6 heteroatoms. The number of carbonyl (C=O) groups excluding carboxylic acids is 1. The van der Waals surface area contributed by atoms with Crippen LogP contribution in [0.15, 0.2) is 18.2 Å². The minimum atomic E-state index is -1.25. The highest BCUT2D eigenvalue weighted by Crippen LogP contribution is 2.17. The fraction of sp³-hybridized carbons (Fsp3) is 0. The molecule has 0 aromatic heterocycles. The van der Waals surface area contributed by atoms with E-state index in [4.69, 9.17) is 10.2 Å². The molecule has 4 nitrogen and oxygen atoms in total. The summed E-state index contributed by atoms with van der Waals surface area (Å²) in [4.78, 5) is 20.6. The van der Waals surface area contributed by atoms with Crippen molar-refractivity contribution in [3.8, 4) is 5.75 Å². The van der Waals surface area contributed by atoms with Gasteiger partial charge >= 0.3 is 5.97 Å². The Bertz CT molecular complexity index is 338. The summed E-state index contributed by atoms with van der Waals surface area (Å²) in [6, 6.07) is 3.63. The quantitative estimate of drug-likeness (QED) is 0.771. The van der Waals surface area contributed by atoms with Gasteiger partial charge in [0.25, 0.3) is 0 Å². The average Bonchev–Trinajstić information content (AvgIpc) is 2.05. The second-order valence-corrected chi connectivity index (χ2v) is 2.20. The first-order valence-corrected chi connectivity index (χ1v) is 3.16. The van der Waals surface area contributed by atoms with Crippen LogP contribution in [-0.2, 0) is 0 Å². The molecule has 0 atom stereocenters. The predicted molar refractivity (Wildman–Crippen MR) is 54.9 cm³/mol. The van der Waals surface area contributed by atoms with Crippen LogP contribution >= 0.6 is 24.8 Å².